The van der Waals surface area contributed by atoms with Crippen LogP contribution in [-0.4, -0.2) is 18.0 Å². The summed E-state index contributed by atoms with van der Waals surface area (Å²) in [4.78, 5) is 11.9. The van der Waals surface area contributed by atoms with Gasteiger partial charge in [-0.15, -0.1) is 0 Å². The molecule has 1 aliphatic rings. The van der Waals surface area contributed by atoms with Crippen LogP contribution in [0.1, 0.15) is 41.6 Å². The van der Waals surface area contributed by atoms with E-state index < -0.39 is 0 Å². The third kappa shape index (κ3) is 3.30. The highest BCUT2D eigenvalue weighted by molar-refractivity contribution is 5.94. The summed E-state index contributed by atoms with van der Waals surface area (Å²) >= 11 is 0. The molecule has 0 saturated heterocycles. The Morgan fingerprint density at radius 1 is 1.29 bits per heavy atom. The minimum absolute atomic E-state index is 0.0437. The predicted molar refractivity (Wildman–Crippen MR) is 67.5 cm³/mol. The highest BCUT2D eigenvalue weighted by atomic mass is 16.1. The summed E-state index contributed by atoms with van der Waals surface area (Å²) in [5.74, 6) is -0.0437. The zero-order valence-corrected chi connectivity index (χ0v) is 9.86. The number of carbonyl (C=O) groups is 1. The minimum atomic E-state index is -0.0437. The second kappa shape index (κ2) is 5.32. The zero-order chi connectivity index (χ0) is 12.3. The van der Waals surface area contributed by atoms with Gasteiger partial charge in [0.25, 0.3) is 5.91 Å². The number of carbonyl (C=O) groups excluding carboxylic acids is 1. The number of hydrogen-bond donors (Lipinski definition) is 2. The first-order valence-electron chi connectivity index (χ1n) is 6.07. The number of nitrogens with one attached hydrogen (secondary N) is 1. The van der Waals surface area contributed by atoms with Crippen molar-refractivity contribution in [3.63, 3.8) is 0 Å². The number of amides is 1. The third-order valence-electron chi connectivity index (χ3n) is 3.26. The maximum Gasteiger partial charge on any atom is 0.251 e. The predicted octanol–water partition coefficient (Wildman–Crippen LogP) is 1.75. The maximum atomic E-state index is 11.9. The molecule has 0 aromatic heterocycles. The second-order valence-electron chi connectivity index (χ2n) is 4.71. The van der Waals surface area contributed by atoms with E-state index in [0.717, 1.165) is 25.7 Å². The Balaban J connectivity index is 1.93. The summed E-state index contributed by atoms with van der Waals surface area (Å²) in [6.07, 6.45) is 3.91. The Labute approximate surface area is 102 Å². The van der Waals surface area contributed by atoms with E-state index >= 15 is 0 Å². The summed E-state index contributed by atoms with van der Waals surface area (Å²) in [7, 11) is 0. The molecule has 2 rings (SSSR count). The molecule has 1 fully saturated rings. The molecule has 0 spiro atoms. The first-order chi connectivity index (χ1) is 8.15. The fraction of sp³-hybridized carbons (Fsp3) is 0.429. The average Bonchev–Trinajstić information content (AvgIpc) is 2.32. The molecule has 2 radical (unpaired) electrons. The summed E-state index contributed by atoms with van der Waals surface area (Å²) in [6.45, 7) is 5.65. The molecule has 0 bridgehead atoms. The lowest BCUT2D eigenvalue weighted by Gasteiger charge is -2.26. The van der Waals surface area contributed by atoms with Crippen molar-refractivity contribution in [1.29, 1.82) is 0 Å². The smallest absolute Gasteiger partial charge is 0.251 e. The Bertz CT molecular complexity index is 395. The lowest BCUT2D eigenvalue weighted by molar-refractivity contribution is 0.0926. The van der Waals surface area contributed by atoms with Gasteiger partial charge in [-0.25, -0.2) is 0 Å². The lowest BCUT2D eigenvalue weighted by Crippen LogP contribution is -2.40. The molecule has 1 saturated carbocycles. The molecular weight excluding hydrogens is 212 g/mol. The van der Waals surface area contributed by atoms with Crippen LogP contribution in [0.3, 0.4) is 0 Å². The van der Waals surface area contributed by atoms with Crippen molar-refractivity contribution < 1.29 is 4.79 Å². The Morgan fingerprint density at radius 3 is 2.65 bits per heavy atom. The molecule has 0 aliphatic heterocycles. The van der Waals surface area contributed by atoms with Crippen LogP contribution in [0.15, 0.2) is 24.3 Å². The first kappa shape index (κ1) is 12.1. The molecule has 0 atom stereocenters. The highest BCUT2D eigenvalue weighted by Crippen LogP contribution is 2.17. The minimum Gasteiger partial charge on any atom is -0.349 e. The van der Waals surface area contributed by atoms with Crippen LogP contribution in [0.25, 0.3) is 0 Å². The number of benzene rings is 1. The molecule has 3 nitrogen and oxygen atoms in total. The molecular formula is C14H18N2O. The molecule has 1 amide bonds. The third-order valence-corrected chi connectivity index (χ3v) is 3.26. The molecule has 3 heteroatoms. The van der Waals surface area contributed by atoms with Crippen LogP contribution < -0.4 is 11.1 Å². The van der Waals surface area contributed by atoms with Gasteiger partial charge in [0.15, 0.2) is 0 Å². The van der Waals surface area contributed by atoms with Crippen molar-refractivity contribution in [2.75, 3.05) is 0 Å². The molecule has 90 valence electrons. The standard InChI is InChI=1S/C14H18N2O/c1-10-3-2-4-11(9-10)14(17)16-13-7-5-12(15)6-8-13/h1-4,9,12-13H,5-8,15H2,(H,16,17). The van der Waals surface area contributed by atoms with Crippen molar-refractivity contribution in [2.24, 2.45) is 5.73 Å². The number of hydrogen-bond acceptors (Lipinski definition) is 2. The van der Waals surface area contributed by atoms with Gasteiger partial charge in [0.05, 0.1) is 0 Å². The fourth-order valence-electron chi connectivity index (χ4n) is 2.21. The Kier molecular flexibility index (Phi) is 3.79. The van der Waals surface area contributed by atoms with E-state index in [1.54, 1.807) is 24.3 Å². The fourth-order valence-corrected chi connectivity index (χ4v) is 2.21. The quantitative estimate of drug-likeness (QED) is 0.813. The van der Waals surface area contributed by atoms with Crippen molar-refractivity contribution in [1.82, 2.24) is 5.32 Å². The molecule has 1 aromatic rings. The zero-order valence-electron chi connectivity index (χ0n) is 9.86. The Hall–Kier alpha value is -1.35. The van der Waals surface area contributed by atoms with E-state index in [4.69, 9.17) is 12.7 Å². The molecule has 0 unspecified atom stereocenters. The molecule has 3 N–H and O–H groups in total. The summed E-state index contributed by atoms with van der Waals surface area (Å²) in [5.41, 5.74) is 7.07. The SMILES string of the molecule is [CH]c1cccc(C(=O)NC2CCC(N)CC2)c1. The lowest BCUT2D eigenvalue weighted by atomic mass is 9.91. The van der Waals surface area contributed by atoms with Crippen molar-refractivity contribution >= 4 is 5.91 Å². The van der Waals surface area contributed by atoms with Gasteiger partial charge in [-0.1, -0.05) is 12.1 Å². The summed E-state index contributed by atoms with van der Waals surface area (Å²) < 4.78 is 0. The van der Waals surface area contributed by atoms with Crippen molar-refractivity contribution in [2.45, 2.75) is 37.8 Å². The molecule has 0 heterocycles. The van der Waals surface area contributed by atoms with E-state index in [9.17, 15) is 4.79 Å². The highest BCUT2D eigenvalue weighted by Gasteiger charge is 2.20. The average molecular weight is 230 g/mol. The van der Waals surface area contributed by atoms with Gasteiger partial charge in [0.2, 0.25) is 0 Å². The molecule has 1 aromatic carbocycles. The van der Waals surface area contributed by atoms with Gasteiger partial charge in [-0.05, 0) is 50.3 Å². The molecule has 1 aliphatic carbocycles. The van der Waals surface area contributed by atoms with E-state index in [2.05, 4.69) is 5.32 Å². The van der Waals surface area contributed by atoms with Crippen molar-refractivity contribution in [3.05, 3.63) is 42.3 Å². The normalized spacial score (nSPS) is 24.4. The van der Waals surface area contributed by atoms with E-state index in [0.29, 0.717) is 17.2 Å². The van der Waals surface area contributed by atoms with Gasteiger partial charge in [0.1, 0.15) is 0 Å². The summed E-state index contributed by atoms with van der Waals surface area (Å²) in [6, 6.07) is 7.60. The number of rotatable bonds is 2. The summed E-state index contributed by atoms with van der Waals surface area (Å²) in [5, 5.41) is 3.03. The van der Waals surface area contributed by atoms with E-state index in [1.165, 1.54) is 0 Å². The van der Waals surface area contributed by atoms with Gasteiger partial charge >= 0.3 is 0 Å². The first-order valence-corrected chi connectivity index (χ1v) is 6.07. The topological polar surface area (TPSA) is 55.1 Å². The van der Waals surface area contributed by atoms with Gasteiger partial charge in [0, 0.05) is 17.6 Å². The van der Waals surface area contributed by atoms with Crippen LogP contribution >= 0.6 is 0 Å². The van der Waals surface area contributed by atoms with Gasteiger partial charge in [-0.3, -0.25) is 4.79 Å². The monoisotopic (exact) mass is 230 g/mol. The van der Waals surface area contributed by atoms with Crippen LogP contribution in [0.4, 0.5) is 0 Å². The van der Waals surface area contributed by atoms with E-state index in [-0.39, 0.29) is 11.9 Å². The van der Waals surface area contributed by atoms with Crippen molar-refractivity contribution in [3.8, 4) is 0 Å². The van der Waals surface area contributed by atoms with Gasteiger partial charge in [-0.2, -0.15) is 0 Å². The van der Waals surface area contributed by atoms with Crippen LogP contribution in [-0.2, 0) is 0 Å². The maximum absolute atomic E-state index is 11.9. The molecule has 17 heavy (non-hydrogen) atoms. The second-order valence-corrected chi connectivity index (χ2v) is 4.71. The van der Waals surface area contributed by atoms with Crippen LogP contribution in [0.2, 0.25) is 0 Å². The van der Waals surface area contributed by atoms with Crippen LogP contribution in [0, 0.1) is 6.92 Å². The number of nitrogens with two attached hydrogens (primary N) is 1. The van der Waals surface area contributed by atoms with Crippen LogP contribution in [0.5, 0.6) is 0 Å². The Morgan fingerprint density at radius 2 is 2.00 bits per heavy atom. The largest absolute Gasteiger partial charge is 0.349 e. The van der Waals surface area contributed by atoms with E-state index in [1.807, 2.05) is 0 Å². The van der Waals surface area contributed by atoms with Gasteiger partial charge < -0.3 is 11.1 Å².